The SMILES string of the molecule is CC(=O)N1CC[C@H]([C@H](C)C(=O)Cc2cnc3c(c2)N(S(=O)(=O)c2cccc(Cl)c2)C[C@H](CO)O3)C1. The number of benzene rings is 1. The molecule has 0 saturated carbocycles. The van der Waals surface area contributed by atoms with Crippen LogP contribution >= 0.6 is 11.6 Å². The number of Topliss-reactive ketones (excluding diaryl/α,β-unsaturated/α-hetero) is 1. The van der Waals surface area contributed by atoms with Crippen molar-refractivity contribution in [1.29, 1.82) is 0 Å². The Morgan fingerprint density at radius 2 is 2.06 bits per heavy atom. The van der Waals surface area contributed by atoms with E-state index in [0.29, 0.717) is 18.7 Å². The van der Waals surface area contributed by atoms with Crippen LogP contribution in [-0.4, -0.2) is 67.4 Å². The summed E-state index contributed by atoms with van der Waals surface area (Å²) in [6.45, 7) is 4.11. The molecule has 1 N–H and O–H groups in total. The molecule has 3 atom stereocenters. The number of hydrogen-bond donors (Lipinski definition) is 1. The van der Waals surface area contributed by atoms with E-state index in [4.69, 9.17) is 16.3 Å². The molecule has 0 aliphatic carbocycles. The summed E-state index contributed by atoms with van der Waals surface area (Å²) < 4.78 is 33.8. The average molecular weight is 522 g/mol. The standard InChI is InChI=1S/C24H28ClN3O6S/c1-15(18-6-7-27(12-18)16(2)30)23(31)9-17-8-22-24(26-11-17)34-20(14-29)13-28(22)35(32,33)21-5-3-4-19(25)10-21/h3-5,8,10-11,15,18,20,29H,6-7,9,12-14H2,1-2H3/t15-,18-,20+/m0/s1. The number of rotatable bonds is 7. The Morgan fingerprint density at radius 1 is 1.29 bits per heavy atom. The molecule has 2 aliphatic rings. The van der Waals surface area contributed by atoms with Crippen molar-refractivity contribution in [3.8, 4) is 5.88 Å². The van der Waals surface area contributed by atoms with Gasteiger partial charge in [0.1, 0.15) is 17.6 Å². The lowest BCUT2D eigenvalue weighted by atomic mass is 9.87. The number of anilines is 1. The molecule has 0 unspecified atom stereocenters. The number of fused-ring (bicyclic) bond motifs is 1. The predicted molar refractivity (Wildman–Crippen MR) is 130 cm³/mol. The van der Waals surface area contributed by atoms with E-state index in [1.807, 2.05) is 6.92 Å². The summed E-state index contributed by atoms with van der Waals surface area (Å²) in [6, 6.07) is 7.52. The monoisotopic (exact) mass is 521 g/mol. The Bertz CT molecular complexity index is 1240. The van der Waals surface area contributed by atoms with E-state index in [-0.39, 0.29) is 64.6 Å². The smallest absolute Gasteiger partial charge is 0.264 e. The number of likely N-dealkylation sites (tertiary alicyclic amines) is 1. The first-order valence-electron chi connectivity index (χ1n) is 11.4. The van der Waals surface area contributed by atoms with Crippen LogP contribution in [0.5, 0.6) is 5.88 Å². The summed E-state index contributed by atoms with van der Waals surface area (Å²) in [4.78, 5) is 30.7. The van der Waals surface area contributed by atoms with Gasteiger partial charge in [0.05, 0.1) is 18.0 Å². The van der Waals surface area contributed by atoms with Crippen molar-refractivity contribution in [2.75, 3.05) is 30.5 Å². The number of ketones is 1. The summed E-state index contributed by atoms with van der Waals surface area (Å²) in [5.41, 5.74) is 0.760. The van der Waals surface area contributed by atoms with E-state index in [0.717, 1.165) is 10.7 Å². The van der Waals surface area contributed by atoms with Gasteiger partial charge in [-0.25, -0.2) is 13.4 Å². The number of ether oxygens (including phenoxy) is 1. The van der Waals surface area contributed by atoms with Gasteiger partial charge in [0.2, 0.25) is 11.8 Å². The third-order valence-corrected chi connectivity index (χ3v) is 8.67. The highest BCUT2D eigenvalue weighted by molar-refractivity contribution is 7.92. The van der Waals surface area contributed by atoms with Crippen molar-refractivity contribution in [3.05, 3.63) is 47.1 Å². The number of hydrogen-bond acceptors (Lipinski definition) is 7. The highest BCUT2D eigenvalue weighted by Gasteiger charge is 2.36. The van der Waals surface area contributed by atoms with E-state index in [2.05, 4.69) is 4.98 Å². The van der Waals surface area contributed by atoms with Gasteiger partial charge in [-0.05, 0) is 42.2 Å². The van der Waals surface area contributed by atoms with Gasteiger partial charge in [0.15, 0.2) is 0 Å². The lowest BCUT2D eigenvalue weighted by Gasteiger charge is -2.34. The molecule has 0 radical (unpaired) electrons. The minimum Gasteiger partial charge on any atom is -0.468 e. The second kappa shape index (κ2) is 10.1. The first kappa shape index (κ1) is 25.4. The van der Waals surface area contributed by atoms with Crippen LogP contribution in [0.2, 0.25) is 5.02 Å². The fourth-order valence-corrected chi connectivity index (χ4v) is 6.30. The van der Waals surface area contributed by atoms with Crippen LogP contribution < -0.4 is 9.04 Å². The number of carbonyl (C=O) groups is 2. The van der Waals surface area contributed by atoms with Crippen molar-refractivity contribution in [3.63, 3.8) is 0 Å². The molecule has 11 heteroatoms. The molecule has 0 spiro atoms. The summed E-state index contributed by atoms with van der Waals surface area (Å²) in [7, 11) is -4.03. The number of halogens is 1. The van der Waals surface area contributed by atoms with Gasteiger partial charge in [-0.1, -0.05) is 24.6 Å². The number of aromatic nitrogens is 1. The molecule has 2 aliphatic heterocycles. The molecule has 1 aromatic carbocycles. The molecular weight excluding hydrogens is 494 g/mol. The zero-order valence-corrected chi connectivity index (χ0v) is 21.1. The molecule has 1 amide bonds. The van der Waals surface area contributed by atoms with Crippen LogP contribution in [0.3, 0.4) is 0 Å². The molecule has 188 valence electrons. The van der Waals surface area contributed by atoms with E-state index in [1.54, 1.807) is 23.1 Å². The molecule has 9 nitrogen and oxygen atoms in total. The Balaban J connectivity index is 1.59. The van der Waals surface area contributed by atoms with Gasteiger partial charge in [-0.3, -0.25) is 13.9 Å². The molecule has 0 bridgehead atoms. The summed E-state index contributed by atoms with van der Waals surface area (Å²) in [5, 5.41) is 9.92. The second-order valence-electron chi connectivity index (χ2n) is 9.03. The molecule has 4 rings (SSSR count). The van der Waals surface area contributed by atoms with Crippen LogP contribution in [-0.2, 0) is 26.0 Å². The van der Waals surface area contributed by atoms with Gasteiger partial charge in [0.25, 0.3) is 10.0 Å². The number of aliphatic hydroxyl groups is 1. The molecule has 2 aromatic rings. The molecule has 3 heterocycles. The fourth-order valence-electron chi connectivity index (χ4n) is 4.51. The molecule has 1 aromatic heterocycles. The lowest BCUT2D eigenvalue weighted by Crippen LogP contribution is -2.45. The Hall–Kier alpha value is -2.69. The van der Waals surface area contributed by atoms with Gasteiger partial charge in [-0.2, -0.15) is 0 Å². The topological polar surface area (TPSA) is 117 Å². The van der Waals surface area contributed by atoms with E-state index >= 15 is 0 Å². The Labute approximate surface area is 209 Å². The highest BCUT2D eigenvalue weighted by atomic mass is 35.5. The van der Waals surface area contributed by atoms with Crippen LogP contribution in [0, 0.1) is 11.8 Å². The van der Waals surface area contributed by atoms with Gasteiger partial charge in [0, 0.05) is 43.6 Å². The minimum absolute atomic E-state index is 0.000834. The zero-order valence-electron chi connectivity index (χ0n) is 19.6. The maximum absolute atomic E-state index is 13.5. The van der Waals surface area contributed by atoms with Gasteiger partial charge >= 0.3 is 0 Å². The number of sulfonamides is 1. The number of carbonyl (C=O) groups excluding carboxylic acids is 2. The average Bonchev–Trinajstić information content (AvgIpc) is 3.33. The van der Waals surface area contributed by atoms with Crippen molar-refractivity contribution in [1.82, 2.24) is 9.88 Å². The summed E-state index contributed by atoms with van der Waals surface area (Å²) in [5.74, 6) is -0.0929. The van der Waals surface area contributed by atoms with Crippen LogP contribution in [0.1, 0.15) is 25.8 Å². The normalized spacial score (nSPS) is 20.8. The second-order valence-corrected chi connectivity index (χ2v) is 11.3. The molecule has 1 fully saturated rings. The quantitative estimate of drug-likeness (QED) is 0.594. The molecular formula is C24H28ClN3O6S. The van der Waals surface area contributed by atoms with Crippen LogP contribution in [0.4, 0.5) is 5.69 Å². The third kappa shape index (κ3) is 5.29. The number of pyridine rings is 1. The summed E-state index contributed by atoms with van der Waals surface area (Å²) >= 11 is 6.02. The van der Waals surface area contributed by atoms with Crippen molar-refractivity contribution >= 4 is 39.0 Å². The first-order valence-corrected chi connectivity index (χ1v) is 13.2. The minimum atomic E-state index is -4.03. The van der Waals surface area contributed by atoms with E-state index in [9.17, 15) is 23.1 Å². The number of amides is 1. The Morgan fingerprint density at radius 3 is 2.71 bits per heavy atom. The highest BCUT2D eigenvalue weighted by Crippen LogP contribution is 2.37. The summed E-state index contributed by atoms with van der Waals surface area (Å²) in [6.07, 6.45) is 1.55. The Kier molecular flexibility index (Phi) is 7.35. The zero-order chi connectivity index (χ0) is 25.3. The maximum atomic E-state index is 13.5. The van der Waals surface area contributed by atoms with Gasteiger partial charge in [-0.15, -0.1) is 0 Å². The number of nitrogens with zero attached hydrogens (tertiary/aromatic N) is 3. The predicted octanol–water partition coefficient (Wildman–Crippen LogP) is 2.30. The molecule has 35 heavy (non-hydrogen) atoms. The van der Waals surface area contributed by atoms with E-state index in [1.165, 1.54) is 25.3 Å². The third-order valence-electron chi connectivity index (χ3n) is 6.66. The maximum Gasteiger partial charge on any atom is 0.264 e. The van der Waals surface area contributed by atoms with Crippen molar-refractivity contribution in [2.45, 2.75) is 37.7 Å². The first-order chi connectivity index (χ1) is 16.6. The largest absolute Gasteiger partial charge is 0.468 e. The molecule has 1 saturated heterocycles. The van der Waals surface area contributed by atoms with Crippen LogP contribution in [0.25, 0.3) is 0 Å². The van der Waals surface area contributed by atoms with Gasteiger partial charge < -0.3 is 14.7 Å². The van der Waals surface area contributed by atoms with Crippen molar-refractivity contribution < 1.29 is 27.9 Å². The lowest BCUT2D eigenvalue weighted by molar-refractivity contribution is -0.129. The van der Waals surface area contributed by atoms with Crippen LogP contribution in [0.15, 0.2) is 41.4 Å². The van der Waals surface area contributed by atoms with Crippen molar-refractivity contribution in [2.24, 2.45) is 11.8 Å². The number of aliphatic hydroxyl groups excluding tert-OH is 1. The fraction of sp³-hybridized carbons (Fsp3) is 0.458. The van der Waals surface area contributed by atoms with E-state index < -0.39 is 16.1 Å².